The fourth-order valence-electron chi connectivity index (χ4n) is 2.12. The number of benzene rings is 1. The smallest absolute Gasteiger partial charge is 0.344 e. The van der Waals surface area contributed by atoms with E-state index in [1.807, 2.05) is 38.1 Å². The van der Waals surface area contributed by atoms with E-state index in [2.05, 4.69) is 10.3 Å². The minimum Gasteiger partial charge on any atom is -0.344 e. The van der Waals surface area contributed by atoms with Crippen molar-refractivity contribution in [1.82, 2.24) is 10.3 Å². The van der Waals surface area contributed by atoms with Crippen LogP contribution in [-0.4, -0.2) is 10.9 Å². The molecule has 1 amide bonds. The summed E-state index contributed by atoms with van der Waals surface area (Å²) in [4.78, 5) is 15.6. The Kier molecular flexibility index (Phi) is 4.49. The van der Waals surface area contributed by atoms with E-state index in [1.54, 1.807) is 0 Å². The molecule has 1 heterocycles. The van der Waals surface area contributed by atoms with Crippen molar-refractivity contribution in [2.24, 2.45) is 0 Å². The molecule has 1 aromatic heterocycles. The van der Waals surface area contributed by atoms with E-state index in [-0.39, 0.29) is 11.7 Å². The molecule has 0 aliphatic rings. The first kappa shape index (κ1) is 16.0. The molecule has 116 valence electrons. The predicted molar refractivity (Wildman–Crippen MR) is 76.3 cm³/mol. The van der Waals surface area contributed by atoms with Crippen LogP contribution >= 0.6 is 0 Å². The third-order valence-electron chi connectivity index (χ3n) is 3.33. The topological polar surface area (TPSA) is 42.0 Å². The lowest BCUT2D eigenvalue weighted by molar-refractivity contribution is -0.137. The highest BCUT2D eigenvalue weighted by Crippen LogP contribution is 2.28. The normalized spacial score (nSPS) is 12.8. The number of carbonyl (C=O) groups excluding carboxylic acids is 1. The van der Waals surface area contributed by atoms with Crippen molar-refractivity contribution in [3.8, 4) is 0 Å². The van der Waals surface area contributed by atoms with Crippen molar-refractivity contribution in [1.29, 1.82) is 0 Å². The third kappa shape index (κ3) is 3.63. The molecule has 0 saturated carbocycles. The van der Waals surface area contributed by atoms with Gasteiger partial charge in [-0.05, 0) is 37.1 Å². The summed E-state index contributed by atoms with van der Waals surface area (Å²) >= 11 is 0. The van der Waals surface area contributed by atoms with E-state index in [9.17, 15) is 18.0 Å². The number of alkyl halides is 3. The molecular formula is C16H15F3N2O. The lowest BCUT2D eigenvalue weighted by Gasteiger charge is -2.16. The number of nitrogens with one attached hydrogen (secondary N) is 1. The largest absolute Gasteiger partial charge is 0.417 e. The molecule has 1 atom stereocenters. The number of halogens is 3. The van der Waals surface area contributed by atoms with Gasteiger partial charge in [0.25, 0.3) is 5.91 Å². The van der Waals surface area contributed by atoms with Gasteiger partial charge in [-0.3, -0.25) is 9.78 Å². The van der Waals surface area contributed by atoms with Gasteiger partial charge in [-0.25, -0.2) is 0 Å². The van der Waals surface area contributed by atoms with Crippen molar-refractivity contribution >= 4 is 5.91 Å². The predicted octanol–water partition coefficient (Wildman–Crippen LogP) is 3.90. The van der Waals surface area contributed by atoms with Crippen LogP contribution < -0.4 is 5.32 Å². The van der Waals surface area contributed by atoms with E-state index >= 15 is 0 Å². The molecule has 0 fully saturated rings. The fourth-order valence-corrected chi connectivity index (χ4v) is 2.12. The van der Waals surface area contributed by atoms with Crippen molar-refractivity contribution in [3.05, 3.63) is 65.0 Å². The number of carbonyl (C=O) groups is 1. The Hall–Kier alpha value is -2.37. The standard InChI is InChI=1S/C16H15F3N2O/c1-10-5-3-4-6-13(10)11(2)21-15(22)14-8-7-12(9-20-14)16(17,18)19/h3-9,11H,1-2H3,(H,21,22). The number of hydrogen-bond acceptors (Lipinski definition) is 2. The highest BCUT2D eigenvalue weighted by Gasteiger charge is 2.31. The molecule has 0 bridgehead atoms. The molecule has 3 nitrogen and oxygen atoms in total. The number of hydrogen-bond donors (Lipinski definition) is 1. The Morgan fingerprint density at radius 2 is 1.86 bits per heavy atom. The third-order valence-corrected chi connectivity index (χ3v) is 3.33. The van der Waals surface area contributed by atoms with Crippen LogP contribution in [0.25, 0.3) is 0 Å². The van der Waals surface area contributed by atoms with Gasteiger partial charge in [0, 0.05) is 6.20 Å². The van der Waals surface area contributed by atoms with Gasteiger partial charge in [0.05, 0.1) is 11.6 Å². The zero-order chi connectivity index (χ0) is 16.3. The SMILES string of the molecule is Cc1ccccc1C(C)NC(=O)c1ccc(C(F)(F)F)cn1. The van der Waals surface area contributed by atoms with E-state index < -0.39 is 17.6 Å². The highest BCUT2D eigenvalue weighted by atomic mass is 19.4. The van der Waals surface area contributed by atoms with Gasteiger partial charge in [-0.1, -0.05) is 24.3 Å². The van der Waals surface area contributed by atoms with Gasteiger partial charge in [-0.15, -0.1) is 0 Å². The summed E-state index contributed by atoms with van der Waals surface area (Å²) in [7, 11) is 0. The maximum atomic E-state index is 12.5. The second kappa shape index (κ2) is 6.17. The van der Waals surface area contributed by atoms with Crippen LogP contribution in [0.2, 0.25) is 0 Å². The summed E-state index contributed by atoms with van der Waals surface area (Å²) in [6.45, 7) is 3.73. The average molecular weight is 308 g/mol. The number of nitrogens with zero attached hydrogens (tertiary/aromatic N) is 1. The van der Waals surface area contributed by atoms with Gasteiger partial charge in [0.15, 0.2) is 0 Å². The zero-order valence-corrected chi connectivity index (χ0v) is 12.1. The Labute approximate surface area is 126 Å². The van der Waals surface area contributed by atoms with Gasteiger partial charge in [-0.2, -0.15) is 13.2 Å². The average Bonchev–Trinajstić information content (AvgIpc) is 2.46. The summed E-state index contributed by atoms with van der Waals surface area (Å²) in [5.41, 5.74) is 1.04. The fraction of sp³-hybridized carbons (Fsp3) is 0.250. The number of pyridine rings is 1. The van der Waals surface area contributed by atoms with Crippen molar-refractivity contribution in [2.45, 2.75) is 26.1 Å². The van der Waals surface area contributed by atoms with E-state index in [4.69, 9.17) is 0 Å². The quantitative estimate of drug-likeness (QED) is 0.934. The molecule has 22 heavy (non-hydrogen) atoms. The Morgan fingerprint density at radius 1 is 1.18 bits per heavy atom. The molecule has 6 heteroatoms. The van der Waals surface area contributed by atoms with Crippen molar-refractivity contribution < 1.29 is 18.0 Å². The van der Waals surface area contributed by atoms with Crippen LogP contribution in [0.1, 0.15) is 40.1 Å². The minimum atomic E-state index is -4.46. The molecule has 1 aromatic carbocycles. The lowest BCUT2D eigenvalue weighted by Crippen LogP contribution is -2.28. The molecule has 2 rings (SSSR count). The summed E-state index contributed by atoms with van der Waals surface area (Å²) in [6, 6.07) is 9.22. The number of aromatic nitrogens is 1. The molecule has 0 spiro atoms. The molecule has 0 aliphatic heterocycles. The second-order valence-electron chi connectivity index (χ2n) is 4.98. The molecule has 1 N–H and O–H groups in total. The monoisotopic (exact) mass is 308 g/mol. The van der Waals surface area contributed by atoms with Gasteiger partial charge >= 0.3 is 6.18 Å². The number of aryl methyl sites for hydroxylation is 1. The molecular weight excluding hydrogens is 293 g/mol. The summed E-state index contributed by atoms with van der Waals surface area (Å²) in [5.74, 6) is -0.510. The van der Waals surface area contributed by atoms with Crippen molar-refractivity contribution in [2.75, 3.05) is 0 Å². The summed E-state index contributed by atoms with van der Waals surface area (Å²) in [5, 5.41) is 2.73. The van der Waals surface area contributed by atoms with Gasteiger partial charge in [0.1, 0.15) is 5.69 Å². The van der Waals surface area contributed by atoms with E-state index in [1.165, 1.54) is 0 Å². The lowest BCUT2D eigenvalue weighted by atomic mass is 10.0. The van der Waals surface area contributed by atoms with E-state index in [0.717, 1.165) is 23.3 Å². The second-order valence-corrected chi connectivity index (χ2v) is 4.98. The summed E-state index contributed by atoms with van der Waals surface area (Å²) < 4.78 is 37.4. The van der Waals surface area contributed by atoms with Crippen LogP contribution in [0.5, 0.6) is 0 Å². The highest BCUT2D eigenvalue weighted by molar-refractivity contribution is 5.92. The van der Waals surface area contributed by atoms with Crippen LogP contribution in [0.4, 0.5) is 13.2 Å². The Balaban J connectivity index is 2.11. The minimum absolute atomic E-state index is 0.0477. The Bertz CT molecular complexity index is 666. The van der Waals surface area contributed by atoms with Crippen LogP contribution in [-0.2, 0) is 6.18 Å². The maximum absolute atomic E-state index is 12.5. The molecule has 0 saturated heterocycles. The molecule has 2 aromatic rings. The van der Waals surface area contributed by atoms with Crippen LogP contribution in [0, 0.1) is 6.92 Å². The first-order chi connectivity index (χ1) is 10.3. The van der Waals surface area contributed by atoms with Gasteiger partial charge in [0.2, 0.25) is 0 Å². The molecule has 1 unspecified atom stereocenters. The van der Waals surface area contributed by atoms with Crippen LogP contribution in [0.15, 0.2) is 42.6 Å². The summed E-state index contributed by atoms with van der Waals surface area (Å²) in [6.07, 6.45) is -3.80. The number of rotatable bonds is 3. The zero-order valence-electron chi connectivity index (χ0n) is 12.1. The first-order valence-electron chi connectivity index (χ1n) is 6.68. The molecule has 0 radical (unpaired) electrons. The maximum Gasteiger partial charge on any atom is 0.417 e. The van der Waals surface area contributed by atoms with E-state index in [0.29, 0.717) is 6.20 Å². The Morgan fingerprint density at radius 3 is 2.41 bits per heavy atom. The first-order valence-corrected chi connectivity index (χ1v) is 6.68. The number of amides is 1. The van der Waals surface area contributed by atoms with Gasteiger partial charge < -0.3 is 5.32 Å². The van der Waals surface area contributed by atoms with Crippen molar-refractivity contribution in [3.63, 3.8) is 0 Å². The molecule has 0 aliphatic carbocycles. The van der Waals surface area contributed by atoms with Crippen LogP contribution in [0.3, 0.4) is 0 Å².